The molecule has 2 aliphatic rings. The number of aliphatic carboxylic acids is 2. The van der Waals surface area contributed by atoms with Gasteiger partial charge in [-0.1, -0.05) is 113 Å². The zero-order chi connectivity index (χ0) is 67.2. The molecule has 12 aromatic rings. The molecule has 0 saturated carbocycles. The number of pyridine rings is 3. The van der Waals surface area contributed by atoms with Crippen molar-refractivity contribution in [2.45, 2.75) is 71.3 Å². The van der Waals surface area contributed by atoms with Crippen LogP contribution in [0, 0.1) is 63.8 Å². The summed E-state index contributed by atoms with van der Waals surface area (Å²) in [5.41, 5.74) is 15.4. The number of carboxylic acids is 2. The molecule has 0 amide bonds. The number of aryl methyl sites for hydroxylation is 3. The summed E-state index contributed by atoms with van der Waals surface area (Å²) < 4.78 is 33.9. The summed E-state index contributed by atoms with van der Waals surface area (Å²) >= 11 is 27.1. The Bertz CT molecular complexity index is 4610. The zero-order valence-corrected chi connectivity index (χ0v) is 62.3. The molecule has 0 unspecified atom stereocenters. The van der Waals surface area contributed by atoms with Gasteiger partial charge < -0.3 is 30.5 Å². The Balaban J connectivity index is 0.000000203. The van der Waals surface area contributed by atoms with Gasteiger partial charge in [-0.25, -0.2) is 34.7 Å². The first-order valence-corrected chi connectivity index (χ1v) is 33.5. The fraction of sp³-hybridized carbons (Fsp3) is 0.188. The average Bonchev–Trinajstić information content (AvgIpc) is 1.74. The summed E-state index contributed by atoms with van der Waals surface area (Å²) in [7, 11) is 2.17. The van der Waals surface area contributed by atoms with Gasteiger partial charge in [0.25, 0.3) is 0 Å². The van der Waals surface area contributed by atoms with Gasteiger partial charge in [-0.2, -0.15) is 8.78 Å². The van der Waals surface area contributed by atoms with Crippen molar-refractivity contribution in [2.75, 3.05) is 18.0 Å². The second-order valence-corrected chi connectivity index (χ2v) is 27.0. The summed E-state index contributed by atoms with van der Waals surface area (Å²) in [6, 6.07) is 45.3. The third kappa shape index (κ3) is 20.7. The second kappa shape index (κ2) is 36.5. The number of anilines is 1. The van der Waals surface area contributed by atoms with E-state index < -0.39 is 37.0 Å². The van der Waals surface area contributed by atoms with Crippen molar-refractivity contribution >= 4 is 167 Å². The van der Waals surface area contributed by atoms with Crippen molar-refractivity contribution in [3.8, 4) is 33.4 Å². The number of carbonyl (C=O) groups is 2. The Labute approximate surface area is 623 Å². The molecule has 0 bridgehead atoms. The van der Waals surface area contributed by atoms with Crippen LogP contribution in [0.4, 0.5) is 14.6 Å². The number of thiazole rings is 3. The Morgan fingerprint density at radius 3 is 1.33 bits per heavy atom. The minimum absolute atomic E-state index is 0. The maximum absolute atomic E-state index is 13.0. The molecule has 14 rings (SSSR count). The Morgan fingerprint density at radius 1 is 0.604 bits per heavy atom. The van der Waals surface area contributed by atoms with Crippen molar-refractivity contribution in [3.63, 3.8) is 0 Å². The Morgan fingerprint density at radius 2 is 1.02 bits per heavy atom. The SMILES string of the molecule is C.Cc1nc2c(-c3cccc(Cl)c3)cc(CBr)cc2s1.Cc1nc2c(-c3cccc(Cl)c3)cc(Cc3ccc(F)nc3)cc2s1.Cc1nc2c(-c3cccc(Cl)c3)cc(Cc3ccc(N4CC[C@H]4C(=O)O)nc3)cc2s1.Cl.O=C(O)[C@@H]1CCN1.OB(O)c1ccc(F)nc1.[2H][B].[U]. The van der Waals surface area contributed by atoms with Gasteiger partial charge in [0.15, 0.2) is 0 Å². The van der Waals surface area contributed by atoms with E-state index in [9.17, 15) is 23.5 Å². The maximum atomic E-state index is 13.0. The number of benzene rings is 6. The Hall–Kier alpha value is -6.26. The van der Waals surface area contributed by atoms with E-state index in [-0.39, 0.29) is 62.5 Å². The largest absolute Gasteiger partial charge is 0.490 e. The van der Waals surface area contributed by atoms with Gasteiger partial charge in [0.2, 0.25) is 11.9 Å². The first-order valence-electron chi connectivity index (χ1n) is 29.3. The van der Waals surface area contributed by atoms with Gasteiger partial charge in [0.1, 0.15) is 17.9 Å². The number of fused-ring (bicyclic) bond motifs is 3. The molecule has 2 radical (unpaired) electrons. The number of nitrogens with one attached hydrogen (secondary N) is 1. The van der Waals surface area contributed by atoms with Crippen LogP contribution in [0.3, 0.4) is 0 Å². The molecule has 492 valence electrons. The smallest absolute Gasteiger partial charge is 0.480 e. The molecule has 27 heteroatoms. The molecule has 96 heavy (non-hydrogen) atoms. The molecule has 6 aromatic carbocycles. The van der Waals surface area contributed by atoms with E-state index in [1.54, 1.807) is 46.3 Å². The molecule has 0 aliphatic carbocycles. The number of hydrogen-bond donors (Lipinski definition) is 5. The van der Waals surface area contributed by atoms with Gasteiger partial charge in [0.05, 0.1) is 45.7 Å². The summed E-state index contributed by atoms with van der Waals surface area (Å²) in [5.74, 6) is -1.90. The van der Waals surface area contributed by atoms with E-state index >= 15 is 0 Å². The minimum atomic E-state index is -1.58. The van der Waals surface area contributed by atoms with Crippen LogP contribution in [0.1, 0.15) is 63.1 Å². The summed E-state index contributed by atoms with van der Waals surface area (Å²) in [5, 5.41) is 43.3. The number of rotatable bonds is 12. The van der Waals surface area contributed by atoms with E-state index in [2.05, 4.69) is 98.1 Å². The number of hydrogen-bond acceptors (Lipinski definition) is 15. The van der Waals surface area contributed by atoms with Crippen molar-refractivity contribution < 1.29 is 69.7 Å². The molecular formula is C69H63B2BrCl4F2N8O6S3U. The van der Waals surface area contributed by atoms with Crippen molar-refractivity contribution in [3.05, 3.63) is 234 Å². The quantitative estimate of drug-likeness (QED) is 0.0438. The van der Waals surface area contributed by atoms with Crippen LogP contribution in [0.25, 0.3) is 64.0 Å². The number of aromatic nitrogens is 6. The normalized spacial score (nSPS) is 13.4. The van der Waals surface area contributed by atoms with Crippen LogP contribution in [0.2, 0.25) is 15.1 Å². The van der Waals surface area contributed by atoms with Crippen molar-refractivity contribution in [2.24, 2.45) is 0 Å². The molecule has 2 fully saturated rings. The molecule has 8 heterocycles. The monoisotopic (exact) mass is 1710 g/mol. The number of carboxylic acid groups (broad SMARTS) is 2. The van der Waals surface area contributed by atoms with E-state index in [1.165, 1.54) is 28.0 Å². The second-order valence-electron chi connectivity index (χ2n) is 21.5. The Kier molecular flexibility index (Phi) is 29.3. The molecule has 2 saturated heterocycles. The number of nitrogens with zero attached hydrogens (tertiary/aromatic N) is 7. The summed E-state index contributed by atoms with van der Waals surface area (Å²) in [6.07, 6.45) is 7.36. The van der Waals surface area contributed by atoms with Crippen LogP contribution in [0.5, 0.6) is 0 Å². The fourth-order valence-corrected chi connectivity index (χ4v) is 13.8. The third-order valence-electron chi connectivity index (χ3n) is 14.7. The van der Waals surface area contributed by atoms with E-state index in [0.717, 1.165) is 145 Å². The van der Waals surface area contributed by atoms with E-state index in [1.807, 2.05) is 105 Å². The molecule has 2 aliphatic heterocycles. The fourth-order valence-electron chi connectivity index (χ4n) is 10.1. The van der Waals surface area contributed by atoms with Gasteiger partial charge in [-0.3, -0.25) is 4.79 Å². The number of halogens is 7. The van der Waals surface area contributed by atoms with Gasteiger partial charge in [-0.15, -0.1) is 46.4 Å². The van der Waals surface area contributed by atoms with Gasteiger partial charge in [-0.05, 0) is 190 Å². The molecular weight excluding hydrogens is 1650 g/mol. The first-order chi connectivity index (χ1) is 45.2. The summed E-state index contributed by atoms with van der Waals surface area (Å²) in [6.45, 7) is 7.66. The van der Waals surface area contributed by atoms with Crippen molar-refractivity contribution in [1.82, 2.24) is 35.2 Å². The minimum Gasteiger partial charge on any atom is -0.480 e. The molecule has 2 atom stereocenters. The van der Waals surface area contributed by atoms with Crippen LogP contribution >= 0.6 is 97.2 Å². The molecule has 6 aromatic heterocycles. The topological polar surface area (TPSA) is 208 Å². The van der Waals surface area contributed by atoms with Crippen LogP contribution < -0.4 is 15.7 Å². The van der Waals surface area contributed by atoms with Crippen LogP contribution in [-0.4, -0.2) is 104 Å². The summed E-state index contributed by atoms with van der Waals surface area (Å²) in [4.78, 5) is 48.6. The van der Waals surface area contributed by atoms with Crippen molar-refractivity contribution in [1.29, 1.82) is 1.34 Å². The molecule has 5 N–H and O–H groups in total. The predicted octanol–water partition coefficient (Wildman–Crippen LogP) is 16.2. The average molecular weight is 1720 g/mol. The first kappa shape index (κ1) is 77.1. The number of alkyl halides is 1. The van der Waals surface area contributed by atoms with E-state index in [4.69, 9.17) is 61.3 Å². The third-order valence-corrected chi connectivity index (χ3v) is 18.8. The van der Waals surface area contributed by atoms with E-state index in [0.29, 0.717) is 22.9 Å². The predicted molar refractivity (Wildman–Crippen MR) is 394 cm³/mol. The maximum Gasteiger partial charge on any atom is 0.490 e. The van der Waals surface area contributed by atoms with Gasteiger partial charge in [0, 0.05) is 107 Å². The van der Waals surface area contributed by atoms with Crippen LogP contribution in [0.15, 0.2) is 164 Å². The zero-order valence-electron chi connectivity index (χ0n) is 52.0. The molecule has 0 spiro atoms. The standard InChI is InChI=1S/C24H20ClN3O2S.C20H14ClFN2S.C15H11BrClNS.C5H5BFNO2.C4H7NO2.CH4.BH.ClH.U/c1-14-27-23-19(17-3-2-4-18(25)12-17)10-16(11-21(23)31-14)9-15-5-6-22(26-13-15)28-8-7-20(28)24(29)30;1-12-24-20-17(15-3-2-4-16(21)10-15)8-14(9-18(20)25-12)7-13-5-6-19(22)23-11-13;1-9-18-15-13(11-3-2-4-12(17)7-11)5-10(8-16)6-14(15)19-9;7-5-2-1-4(3-8-5)6(9)10;6-4(7)3-1-2-5-3;;;;/h2-6,10-13,20H,7-9H2,1H3,(H,29,30);2-6,8-11H,7H2,1H3;2-7H,8H2,1H3;1-3,9-10H;3,5H,1-2H2,(H,6,7);1H4;2*1H;/t20-;;;;3-;;;;/m0...0..../s1/i;;;;;;1D;;. The van der Waals surface area contributed by atoms with Gasteiger partial charge >= 0.3 is 19.1 Å². The molecule has 14 nitrogen and oxygen atoms in total. The van der Waals surface area contributed by atoms with Crippen LogP contribution in [-0.2, 0) is 27.8 Å².